The average molecular weight is 263 g/mol. The van der Waals surface area contributed by atoms with Gasteiger partial charge < -0.3 is 10.8 Å². The Morgan fingerprint density at radius 3 is 2.84 bits per heavy atom. The molecule has 2 aromatic rings. The maximum Gasteiger partial charge on any atom is 0.358 e. The first kappa shape index (κ1) is 13.1. The van der Waals surface area contributed by atoms with Crippen LogP contribution in [0.3, 0.4) is 0 Å². The molecule has 0 spiro atoms. The smallest absolute Gasteiger partial charge is 0.358 e. The van der Waals surface area contributed by atoms with E-state index in [1.807, 2.05) is 16.9 Å². The largest absolute Gasteiger partial charge is 0.476 e. The van der Waals surface area contributed by atoms with Crippen LogP contribution >= 0.6 is 0 Å². The SMILES string of the molecule is CCC(C)n1ccc(Cn2cc(N)c(C(=O)O)n2)n1. The normalized spacial score (nSPS) is 12.5. The molecule has 1 atom stereocenters. The Labute approximate surface area is 110 Å². The number of rotatable bonds is 5. The van der Waals surface area contributed by atoms with Gasteiger partial charge in [0.1, 0.15) is 0 Å². The second kappa shape index (κ2) is 5.13. The lowest BCUT2D eigenvalue weighted by atomic mass is 10.3. The van der Waals surface area contributed by atoms with Crippen molar-refractivity contribution in [3.63, 3.8) is 0 Å². The fourth-order valence-corrected chi connectivity index (χ4v) is 1.74. The average Bonchev–Trinajstić information content (AvgIpc) is 2.95. The minimum Gasteiger partial charge on any atom is -0.476 e. The van der Waals surface area contributed by atoms with Gasteiger partial charge in [0.15, 0.2) is 5.69 Å². The van der Waals surface area contributed by atoms with Crippen LogP contribution < -0.4 is 5.73 Å². The van der Waals surface area contributed by atoms with E-state index in [-0.39, 0.29) is 11.4 Å². The van der Waals surface area contributed by atoms with Crippen LogP contribution in [0.15, 0.2) is 18.5 Å². The first-order valence-corrected chi connectivity index (χ1v) is 6.11. The van der Waals surface area contributed by atoms with E-state index in [0.29, 0.717) is 12.6 Å². The topological polar surface area (TPSA) is 99.0 Å². The number of carbonyl (C=O) groups is 1. The fraction of sp³-hybridized carbons (Fsp3) is 0.417. The number of hydrogen-bond donors (Lipinski definition) is 2. The van der Waals surface area contributed by atoms with Gasteiger partial charge in [0.2, 0.25) is 0 Å². The molecule has 0 saturated carbocycles. The standard InChI is InChI=1S/C12H17N5O2/c1-3-8(2)17-5-4-9(14-17)6-16-7-10(13)11(15-16)12(18)19/h4-5,7-8H,3,6,13H2,1-2H3,(H,18,19). The molecule has 102 valence electrons. The number of nitrogen functional groups attached to an aromatic ring is 1. The van der Waals surface area contributed by atoms with Crippen molar-refractivity contribution in [3.05, 3.63) is 29.8 Å². The van der Waals surface area contributed by atoms with Gasteiger partial charge in [0, 0.05) is 18.4 Å². The third-order valence-electron chi connectivity index (χ3n) is 3.02. The van der Waals surface area contributed by atoms with E-state index >= 15 is 0 Å². The highest BCUT2D eigenvalue weighted by atomic mass is 16.4. The summed E-state index contributed by atoms with van der Waals surface area (Å²) in [5.41, 5.74) is 6.44. The van der Waals surface area contributed by atoms with Crippen molar-refractivity contribution < 1.29 is 9.90 Å². The van der Waals surface area contributed by atoms with Crippen LogP contribution in [0, 0.1) is 0 Å². The van der Waals surface area contributed by atoms with Crippen molar-refractivity contribution in [1.29, 1.82) is 0 Å². The number of nitrogens with two attached hydrogens (primary N) is 1. The molecule has 3 N–H and O–H groups in total. The van der Waals surface area contributed by atoms with E-state index in [0.717, 1.165) is 12.1 Å². The Morgan fingerprint density at radius 2 is 2.26 bits per heavy atom. The Bertz CT molecular complexity index is 587. The lowest BCUT2D eigenvalue weighted by molar-refractivity contribution is 0.0690. The quantitative estimate of drug-likeness (QED) is 0.849. The van der Waals surface area contributed by atoms with Crippen LogP contribution in [0.2, 0.25) is 0 Å². The van der Waals surface area contributed by atoms with Crippen molar-refractivity contribution in [2.24, 2.45) is 0 Å². The number of nitrogens with zero attached hydrogens (tertiary/aromatic N) is 4. The molecule has 2 rings (SSSR count). The molecule has 0 aliphatic heterocycles. The van der Waals surface area contributed by atoms with E-state index in [9.17, 15) is 4.79 Å². The zero-order valence-corrected chi connectivity index (χ0v) is 10.9. The lowest BCUT2D eigenvalue weighted by Gasteiger charge is -2.08. The van der Waals surface area contributed by atoms with Gasteiger partial charge in [-0.1, -0.05) is 6.92 Å². The fourth-order valence-electron chi connectivity index (χ4n) is 1.74. The number of aromatic carboxylic acids is 1. The molecular weight excluding hydrogens is 246 g/mol. The molecule has 0 radical (unpaired) electrons. The van der Waals surface area contributed by atoms with Gasteiger partial charge in [-0.05, 0) is 19.4 Å². The molecule has 0 saturated heterocycles. The summed E-state index contributed by atoms with van der Waals surface area (Å²) < 4.78 is 3.38. The molecule has 0 aromatic carbocycles. The Morgan fingerprint density at radius 1 is 1.53 bits per heavy atom. The van der Waals surface area contributed by atoms with Gasteiger partial charge in [-0.15, -0.1) is 0 Å². The van der Waals surface area contributed by atoms with Crippen molar-refractivity contribution in [2.45, 2.75) is 32.9 Å². The van der Waals surface area contributed by atoms with E-state index in [1.165, 1.54) is 10.9 Å². The maximum atomic E-state index is 10.8. The highest BCUT2D eigenvalue weighted by Gasteiger charge is 2.14. The van der Waals surface area contributed by atoms with E-state index < -0.39 is 5.97 Å². The summed E-state index contributed by atoms with van der Waals surface area (Å²) in [6, 6.07) is 2.23. The van der Waals surface area contributed by atoms with E-state index in [4.69, 9.17) is 10.8 Å². The number of anilines is 1. The van der Waals surface area contributed by atoms with Crippen LogP contribution in [0.25, 0.3) is 0 Å². The summed E-state index contributed by atoms with van der Waals surface area (Å²) in [6.45, 7) is 4.59. The molecule has 0 fully saturated rings. The highest BCUT2D eigenvalue weighted by molar-refractivity contribution is 5.91. The zero-order valence-electron chi connectivity index (χ0n) is 10.9. The molecule has 0 aliphatic rings. The molecule has 1 unspecified atom stereocenters. The van der Waals surface area contributed by atoms with Crippen molar-refractivity contribution in [3.8, 4) is 0 Å². The number of carboxylic acid groups (broad SMARTS) is 1. The Hall–Kier alpha value is -2.31. The number of hydrogen-bond acceptors (Lipinski definition) is 4. The third kappa shape index (κ3) is 2.75. The summed E-state index contributed by atoms with van der Waals surface area (Å²) in [7, 11) is 0. The Balaban J connectivity index is 2.15. The van der Waals surface area contributed by atoms with Crippen molar-refractivity contribution >= 4 is 11.7 Å². The minimum atomic E-state index is -1.12. The first-order valence-electron chi connectivity index (χ1n) is 6.11. The summed E-state index contributed by atoms with van der Waals surface area (Å²) in [5.74, 6) is -1.12. The van der Waals surface area contributed by atoms with Crippen LogP contribution in [0.4, 0.5) is 5.69 Å². The summed E-state index contributed by atoms with van der Waals surface area (Å²) >= 11 is 0. The molecule has 2 heterocycles. The van der Waals surface area contributed by atoms with Crippen molar-refractivity contribution in [1.82, 2.24) is 19.6 Å². The molecule has 0 aliphatic carbocycles. The summed E-state index contributed by atoms with van der Waals surface area (Å²) in [5, 5.41) is 17.2. The summed E-state index contributed by atoms with van der Waals surface area (Å²) in [6.07, 6.45) is 4.42. The predicted molar refractivity (Wildman–Crippen MR) is 69.9 cm³/mol. The van der Waals surface area contributed by atoms with Gasteiger partial charge in [0.25, 0.3) is 0 Å². The number of aromatic nitrogens is 4. The van der Waals surface area contributed by atoms with Gasteiger partial charge in [0.05, 0.1) is 17.9 Å². The first-order chi connectivity index (χ1) is 9.01. The van der Waals surface area contributed by atoms with Crippen LogP contribution in [-0.4, -0.2) is 30.6 Å². The monoisotopic (exact) mass is 263 g/mol. The Kier molecular flexibility index (Phi) is 3.55. The maximum absolute atomic E-state index is 10.8. The molecule has 0 bridgehead atoms. The molecular formula is C12H17N5O2. The van der Waals surface area contributed by atoms with Crippen LogP contribution in [0.1, 0.15) is 42.5 Å². The lowest BCUT2D eigenvalue weighted by Crippen LogP contribution is -2.07. The van der Waals surface area contributed by atoms with Crippen LogP contribution in [-0.2, 0) is 6.54 Å². The highest BCUT2D eigenvalue weighted by Crippen LogP contribution is 2.12. The molecule has 7 heteroatoms. The molecule has 19 heavy (non-hydrogen) atoms. The van der Waals surface area contributed by atoms with Gasteiger partial charge in [-0.25, -0.2) is 4.79 Å². The minimum absolute atomic E-state index is 0.124. The van der Waals surface area contributed by atoms with Crippen molar-refractivity contribution in [2.75, 3.05) is 5.73 Å². The number of carboxylic acids is 1. The zero-order chi connectivity index (χ0) is 14.0. The molecule has 0 amide bonds. The molecule has 2 aromatic heterocycles. The predicted octanol–water partition coefficient (Wildman–Crippen LogP) is 1.38. The van der Waals surface area contributed by atoms with Gasteiger partial charge in [-0.3, -0.25) is 9.36 Å². The second-order valence-electron chi connectivity index (χ2n) is 4.48. The second-order valence-corrected chi connectivity index (χ2v) is 4.48. The third-order valence-corrected chi connectivity index (χ3v) is 3.02. The van der Waals surface area contributed by atoms with E-state index in [2.05, 4.69) is 24.0 Å². The van der Waals surface area contributed by atoms with Gasteiger partial charge >= 0.3 is 5.97 Å². The molecule has 7 nitrogen and oxygen atoms in total. The van der Waals surface area contributed by atoms with Crippen LogP contribution in [0.5, 0.6) is 0 Å². The van der Waals surface area contributed by atoms with E-state index in [1.54, 1.807) is 0 Å². The summed E-state index contributed by atoms with van der Waals surface area (Å²) in [4.78, 5) is 10.8. The van der Waals surface area contributed by atoms with Gasteiger partial charge in [-0.2, -0.15) is 10.2 Å².